The molecule has 0 unspecified atom stereocenters. The predicted molar refractivity (Wildman–Crippen MR) is 109 cm³/mol. The van der Waals surface area contributed by atoms with Crippen molar-refractivity contribution in [2.75, 3.05) is 18.9 Å². The van der Waals surface area contributed by atoms with Gasteiger partial charge >= 0.3 is 0 Å². The smallest absolute Gasteiger partial charge is 0.243 e. The number of carbonyl (C=O) groups is 2. The topological polar surface area (TPSA) is 62.3 Å². The Morgan fingerprint density at radius 1 is 1.10 bits per heavy atom. The van der Waals surface area contributed by atoms with Gasteiger partial charge in [-0.2, -0.15) is 0 Å². The van der Waals surface area contributed by atoms with Gasteiger partial charge in [-0.3, -0.25) is 9.59 Å². The molecule has 0 aliphatic carbocycles. The number of benzene rings is 2. The van der Waals surface area contributed by atoms with Gasteiger partial charge in [0.15, 0.2) is 0 Å². The van der Waals surface area contributed by atoms with E-state index in [4.69, 9.17) is 0 Å². The standard InChI is InChI=1S/C21H19F2N3O2S/c1-13-24-21(14-6-8-15(22)9-7-14)18(29-13)11-20(28)26(2)12-19(27)25-17-5-3-4-16(23)10-17/h3-10H,11-12H2,1-2H3,(H,25,27). The number of hydrogen-bond donors (Lipinski definition) is 1. The van der Waals surface area contributed by atoms with Crippen LogP contribution < -0.4 is 5.32 Å². The molecule has 5 nitrogen and oxygen atoms in total. The van der Waals surface area contributed by atoms with Crippen molar-refractivity contribution in [3.63, 3.8) is 0 Å². The predicted octanol–water partition coefficient (Wildman–Crippen LogP) is 4.04. The van der Waals surface area contributed by atoms with Gasteiger partial charge in [-0.1, -0.05) is 6.07 Å². The summed E-state index contributed by atoms with van der Waals surface area (Å²) in [7, 11) is 1.53. The van der Waals surface area contributed by atoms with Gasteiger partial charge in [0.25, 0.3) is 0 Å². The lowest BCUT2D eigenvalue weighted by atomic mass is 10.1. The van der Waals surface area contributed by atoms with Crippen LogP contribution in [0.4, 0.5) is 14.5 Å². The van der Waals surface area contributed by atoms with Gasteiger partial charge in [0, 0.05) is 23.2 Å². The molecule has 0 radical (unpaired) electrons. The third kappa shape index (κ3) is 5.45. The Kier molecular flexibility index (Phi) is 6.33. The molecule has 1 N–H and O–H groups in total. The molecule has 0 saturated heterocycles. The van der Waals surface area contributed by atoms with Crippen molar-refractivity contribution < 1.29 is 18.4 Å². The number of aromatic nitrogens is 1. The van der Waals surface area contributed by atoms with E-state index in [9.17, 15) is 18.4 Å². The van der Waals surface area contributed by atoms with Crippen molar-refractivity contribution in [3.05, 3.63) is 70.1 Å². The van der Waals surface area contributed by atoms with Crippen LogP contribution in [-0.2, 0) is 16.0 Å². The maximum Gasteiger partial charge on any atom is 0.243 e. The van der Waals surface area contributed by atoms with Crippen molar-refractivity contribution in [2.45, 2.75) is 13.3 Å². The van der Waals surface area contributed by atoms with Gasteiger partial charge in [0.2, 0.25) is 11.8 Å². The second kappa shape index (κ2) is 8.91. The number of nitrogens with zero attached hydrogens (tertiary/aromatic N) is 2. The number of likely N-dealkylation sites (N-methyl/N-ethyl adjacent to an activating group) is 1. The normalized spacial score (nSPS) is 10.6. The van der Waals surface area contributed by atoms with Crippen LogP contribution in [0.25, 0.3) is 11.3 Å². The molecule has 0 aliphatic rings. The molecule has 8 heteroatoms. The van der Waals surface area contributed by atoms with Gasteiger partial charge in [0.1, 0.15) is 11.6 Å². The first-order valence-corrected chi connectivity index (χ1v) is 9.65. The maximum absolute atomic E-state index is 13.2. The molecule has 29 heavy (non-hydrogen) atoms. The number of amides is 2. The number of nitrogens with one attached hydrogen (secondary N) is 1. The van der Waals surface area contributed by atoms with E-state index in [0.29, 0.717) is 11.4 Å². The molecule has 0 bridgehead atoms. The Morgan fingerprint density at radius 2 is 1.83 bits per heavy atom. The van der Waals surface area contributed by atoms with Crippen LogP contribution in [0.15, 0.2) is 48.5 Å². The Hall–Kier alpha value is -3.13. The summed E-state index contributed by atoms with van der Waals surface area (Å²) in [6.07, 6.45) is 0.0714. The summed E-state index contributed by atoms with van der Waals surface area (Å²) in [6, 6.07) is 11.5. The monoisotopic (exact) mass is 415 g/mol. The number of hydrogen-bond acceptors (Lipinski definition) is 4. The first-order valence-electron chi connectivity index (χ1n) is 8.83. The van der Waals surface area contributed by atoms with Crippen LogP contribution in [0.5, 0.6) is 0 Å². The molecule has 0 aliphatic heterocycles. The van der Waals surface area contributed by atoms with E-state index < -0.39 is 11.7 Å². The molecule has 1 heterocycles. The van der Waals surface area contributed by atoms with Gasteiger partial charge in [0.05, 0.1) is 23.7 Å². The summed E-state index contributed by atoms with van der Waals surface area (Å²) in [6.45, 7) is 1.67. The minimum Gasteiger partial charge on any atom is -0.336 e. The highest BCUT2D eigenvalue weighted by Gasteiger charge is 2.19. The fraction of sp³-hybridized carbons (Fsp3) is 0.190. The van der Waals surface area contributed by atoms with Gasteiger partial charge in [-0.05, 0) is 49.4 Å². The number of thiazole rings is 1. The SMILES string of the molecule is Cc1nc(-c2ccc(F)cc2)c(CC(=O)N(C)CC(=O)Nc2cccc(F)c2)s1. The summed E-state index contributed by atoms with van der Waals surface area (Å²) in [5.41, 5.74) is 1.69. The highest BCUT2D eigenvalue weighted by atomic mass is 32.1. The highest BCUT2D eigenvalue weighted by molar-refractivity contribution is 7.12. The van der Waals surface area contributed by atoms with Crippen LogP contribution >= 0.6 is 11.3 Å². The summed E-state index contributed by atoms with van der Waals surface area (Å²) >= 11 is 1.39. The van der Waals surface area contributed by atoms with E-state index >= 15 is 0 Å². The molecule has 3 aromatic rings. The Balaban J connectivity index is 1.65. The van der Waals surface area contributed by atoms with Crippen LogP contribution in [0.3, 0.4) is 0 Å². The fourth-order valence-electron chi connectivity index (χ4n) is 2.77. The molecule has 2 aromatic carbocycles. The van der Waals surface area contributed by atoms with Crippen LogP contribution in [0.1, 0.15) is 9.88 Å². The van der Waals surface area contributed by atoms with Gasteiger partial charge in [-0.25, -0.2) is 13.8 Å². The Bertz CT molecular complexity index is 1030. The van der Waals surface area contributed by atoms with Crippen LogP contribution in [-0.4, -0.2) is 35.3 Å². The van der Waals surface area contributed by atoms with Crippen molar-refractivity contribution in [1.82, 2.24) is 9.88 Å². The third-order valence-electron chi connectivity index (χ3n) is 4.15. The molecule has 0 saturated carbocycles. The molecule has 3 rings (SSSR count). The number of rotatable bonds is 6. The Labute approximate surface area is 171 Å². The van der Waals surface area contributed by atoms with Gasteiger partial charge in [-0.15, -0.1) is 11.3 Å². The highest BCUT2D eigenvalue weighted by Crippen LogP contribution is 2.29. The molecular formula is C21H19F2N3O2S. The van der Waals surface area contributed by atoms with E-state index in [2.05, 4.69) is 10.3 Å². The van der Waals surface area contributed by atoms with Crippen LogP contribution in [0.2, 0.25) is 0 Å². The van der Waals surface area contributed by atoms with Crippen molar-refractivity contribution in [2.24, 2.45) is 0 Å². The van der Waals surface area contributed by atoms with E-state index in [1.165, 1.54) is 53.6 Å². The second-order valence-electron chi connectivity index (χ2n) is 6.50. The average Bonchev–Trinajstić information content (AvgIpc) is 3.02. The first kappa shape index (κ1) is 20.6. The average molecular weight is 415 g/mol. The van der Waals surface area contributed by atoms with Crippen LogP contribution in [0, 0.1) is 18.6 Å². The zero-order chi connectivity index (χ0) is 21.0. The number of halogens is 2. The quantitative estimate of drug-likeness (QED) is 0.661. The molecular weight excluding hydrogens is 396 g/mol. The van der Waals surface area contributed by atoms with Crippen molar-refractivity contribution in [1.29, 1.82) is 0 Å². The molecule has 2 amide bonds. The Morgan fingerprint density at radius 3 is 2.52 bits per heavy atom. The molecule has 0 atom stereocenters. The minimum absolute atomic E-state index is 0.0714. The number of anilines is 1. The molecule has 0 fully saturated rings. The lowest BCUT2D eigenvalue weighted by Gasteiger charge is -2.17. The van der Waals surface area contributed by atoms with Crippen molar-refractivity contribution >= 4 is 28.8 Å². The first-order chi connectivity index (χ1) is 13.8. The zero-order valence-electron chi connectivity index (χ0n) is 15.9. The van der Waals surface area contributed by atoms with Crippen molar-refractivity contribution in [3.8, 4) is 11.3 Å². The summed E-state index contributed by atoms with van der Waals surface area (Å²) < 4.78 is 26.4. The molecule has 150 valence electrons. The van der Waals surface area contributed by atoms with E-state index in [-0.39, 0.29) is 24.7 Å². The van der Waals surface area contributed by atoms with E-state index in [0.717, 1.165) is 15.4 Å². The minimum atomic E-state index is -0.457. The third-order valence-corrected chi connectivity index (χ3v) is 5.12. The second-order valence-corrected chi connectivity index (χ2v) is 7.78. The lowest BCUT2D eigenvalue weighted by molar-refractivity contribution is -0.132. The molecule has 1 aromatic heterocycles. The number of aryl methyl sites for hydroxylation is 1. The number of carbonyl (C=O) groups excluding carboxylic acids is 2. The summed E-state index contributed by atoms with van der Waals surface area (Å²) in [5, 5.41) is 3.35. The maximum atomic E-state index is 13.2. The van der Waals surface area contributed by atoms with Gasteiger partial charge < -0.3 is 10.2 Å². The summed E-state index contributed by atoms with van der Waals surface area (Å²) in [5.74, 6) is -1.49. The lowest BCUT2D eigenvalue weighted by Crippen LogP contribution is -2.35. The van der Waals surface area contributed by atoms with E-state index in [1.807, 2.05) is 6.92 Å². The molecule has 0 spiro atoms. The largest absolute Gasteiger partial charge is 0.336 e. The zero-order valence-corrected chi connectivity index (χ0v) is 16.7. The summed E-state index contributed by atoms with van der Waals surface area (Å²) in [4.78, 5) is 31.3. The fourth-order valence-corrected chi connectivity index (χ4v) is 3.71. The van der Waals surface area contributed by atoms with E-state index in [1.54, 1.807) is 18.2 Å².